The summed E-state index contributed by atoms with van der Waals surface area (Å²) in [6.07, 6.45) is 6.65. The Kier molecular flexibility index (Phi) is 6.53. The summed E-state index contributed by atoms with van der Waals surface area (Å²) < 4.78 is 0. The predicted octanol–water partition coefficient (Wildman–Crippen LogP) is 8.00. The summed E-state index contributed by atoms with van der Waals surface area (Å²) in [5.41, 5.74) is 8.30. The molecule has 0 radical (unpaired) electrons. The molecule has 4 rings (SSSR count). The van der Waals surface area contributed by atoms with Crippen molar-refractivity contribution < 1.29 is 0 Å². The number of nitrogens with zero attached hydrogens (tertiary/aromatic N) is 2. The van der Waals surface area contributed by atoms with E-state index in [0.717, 1.165) is 27.7 Å². The Morgan fingerprint density at radius 1 is 1.10 bits per heavy atom. The van der Waals surface area contributed by atoms with Gasteiger partial charge in [0.05, 0.1) is 16.4 Å². The molecule has 3 aromatic rings. The predicted molar refractivity (Wildman–Crippen MR) is 126 cm³/mol. The van der Waals surface area contributed by atoms with E-state index in [-0.39, 0.29) is 0 Å². The Balaban J connectivity index is 1.47. The zero-order valence-corrected chi connectivity index (χ0v) is 18.6. The van der Waals surface area contributed by atoms with Crippen molar-refractivity contribution >= 4 is 45.4 Å². The molecule has 1 N–H and O–H groups in total. The summed E-state index contributed by atoms with van der Waals surface area (Å²) >= 11 is 13.8. The summed E-state index contributed by atoms with van der Waals surface area (Å²) in [5.74, 6) is 0.690. The van der Waals surface area contributed by atoms with Crippen LogP contribution in [0.4, 0.5) is 5.13 Å². The minimum absolute atomic E-state index is 0.591. The topological polar surface area (TPSA) is 37.3 Å². The monoisotopic (exact) mass is 443 g/mol. The molecule has 0 bridgehead atoms. The molecule has 6 heteroatoms. The second-order valence-electron chi connectivity index (χ2n) is 7.43. The average molecular weight is 444 g/mol. The van der Waals surface area contributed by atoms with E-state index >= 15 is 0 Å². The van der Waals surface area contributed by atoms with Gasteiger partial charge in [-0.1, -0.05) is 60.7 Å². The Morgan fingerprint density at radius 2 is 1.93 bits per heavy atom. The number of nitrogens with one attached hydrogen (secondary N) is 1. The third-order valence-corrected chi connectivity index (χ3v) is 6.71. The first kappa shape index (κ1) is 20.4. The normalized spacial score (nSPS) is 15.5. The summed E-state index contributed by atoms with van der Waals surface area (Å²) in [6, 6.07) is 14.2. The number of hydrazone groups is 1. The van der Waals surface area contributed by atoms with Gasteiger partial charge in [0.1, 0.15) is 0 Å². The smallest absolute Gasteiger partial charge is 0.203 e. The molecule has 29 heavy (non-hydrogen) atoms. The standard InChI is InChI=1S/C23H23Cl2N3S/c1-15(17-8-5-9-18(12-17)16-6-3-2-4-7-16)27-28-23-26-22(14-29-23)20-11-10-19(24)13-21(20)25/h5,8-14,16H,2-4,6-7H2,1H3,(H,26,28)/b27-15-. The van der Waals surface area contributed by atoms with Gasteiger partial charge in [-0.2, -0.15) is 5.10 Å². The summed E-state index contributed by atoms with van der Waals surface area (Å²) in [7, 11) is 0. The lowest BCUT2D eigenvalue weighted by molar-refractivity contribution is 0.443. The lowest BCUT2D eigenvalue weighted by atomic mass is 9.83. The van der Waals surface area contributed by atoms with E-state index in [1.807, 2.05) is 24.4 Å². The molecule has 1 aliphatic rings. The Labute approximate surface area is 185 Å². The lowest BCUT2D eigenvalue weighted by Gasteiger charge is -2.22. The van der Waals surface area contributed by atoms with Gasteiger partial charge in [-0.15, -0.1) is 11.3 Å². The summed E-state index contributed by atoms with van der Waals surface area (Å²) in [4.78, 5) is 4.60. The minimum atomic E-state index is 0.591. The highest BCUT2D eigenvalue weighted by molar-refractivity contribution is 7.14. The van der Waals surface area contributed by atoms with Gasteiger partial charge in [0.25, 0.3) is 0 Å². The van der Waals surface area contributed by atoms with Gasteiger partial charge in [-0.25, -0.2) is 4.98 Å². The van der Waals surface area contributed by atoms with Crippen LogP contribution in [0.3, 0.4) is 0 Å². The van der Waals surface area contributed by atoms with Crippen LogP contribution < -0.4 is 5.43 Å². The van der Waals surface area contributed by atoms with Crippen molar-refractivity contribution in [2.45, 2.75) is 44.9 Å². The van der Waals surface area contributed by atoms with Crippen LogP contribution in [-0.2, 0) is 0 Å². The first-order valence-corrected chi connectivity index (χ1v) is 11.6. The van der Waals surface area contributed by atoms with E-state index in [0.29, 0.717) is 16.0 Å². The van der Waals surface area contributed by atoms with Crippen molar-refractivity contribution in [3.8, 4) is 11.3 Å². The van der Waals surface area contributed by atoms with Crippen molar-refractivity contribution in [1.29, 1.82) is 0 Å². The zero-order chi connectivity index (χ0) is 20.2. The maximum Gasteiger partial charge on any atom is 0.203 e. The molecule has 0 atom stereocenters. The molecule has 1 fully saturated rings. The van der Waals surface area contributed by atoms with E-state index in [9.17, 15) is 0 Å². The fourth-order valence-electron chi connectivity index (χ4n) is 3.80. The Morgan fingerprint density at radius 3 is 2.72 bits per heavy atom. The fourth-order valence-corrected chi connectivity index (χ4v) is 4.95. The minimum Gasteiger partial charge on any atom is -0.252 e. The SMILES string of the molecule is C/C(=N/Nc1nc(-c2ccc(Cl)cc2Cl)cs1)c1cccc(C2CCCCC2)c1. The van der Waals surface area contributed by atoms with Crippen molar-refractivity contribution in [2.24, 2.45) is 5.10 Å². The van der Waals surface area contributed by atoms with Crippen LogP contribution in [0.25, 0.3) is 11.3 Å². The average Bonchev–Trinajstić information content (AvgIpc) is 3.21. The fraction of sp³-hybridized carbons (Fsp3) is 0.304. The van der Waals surface area contributed by atoms with Gasteiger partial charge in [-0.05, 0) is 61.1 Å². The molecule has 1 aliphatic carbocycles. The van der Waals surface area contributed by atoms with Gasteiger partial charge < -0.3 is 0 Å². The highest BCUT2D eigenvalue weighted by Gasteiger charge is 2.16. The van der Waals surface area contributed by atoms with Gasteiger partial charge in [-0.3, -0.25) is 5.43 Å². The molecular weight excluding hydrogens is 421 g/mol. The third kappa shape index (κ3) is 5.00. The van der Waals surface area contributed by atoms with E-state index < -0.39 is 0 Å². The number of aromatic nitrogens is 1. The van der Waals surface area contributed by atoms with Crippen molar-refractivity contribution in [3.05, 3.63) is 69.0 Å². The Hall–Kier alpha value is -1.88. The molecular formula is C23H23Cl2N3S. The van der Waals surface area contributed by atoms with Gasteiger partial charge in [0.2, 0.25) is 5.13 Å². The molecule has 1 aromatic heterocycles. The molecule has 1 heterocycles. The van der Waals surface area contributed by atoms with E-state index in [1.54, 1.807) is 6.07 Å². The zero-order valence-electron chi connectivity index (χ0n) is 16.3. The number of hydrogen-bond donors (Lipinski definition) is 1. The maximum absolute atomic E-state index is 6.29. The maximum atomic E-state index is 6.29. The summed E-state index contributed by atoms with van der Waals surface area (Å²) in [5, 5.41) is 8.45. The van der Waals surface area contributed by atoms with Crippen LogP contribution in [-0.4, -0.2) is 10.7 Å². The second-order valence-corrected chi connectivity index (χ2v) is 9.13. The molecule has 0 aliphatic heterocycles. The van der Waals surface area contributed by atoms with Crippen molar-refractivity contribution in [3.63, 3.8) is 0 Å². The quantitative estimate of drug-likeness (QED) is 0.320. The van der Waals surface area contributed by atoms with Gasteiger partial charge in [0.15, 0.2) is 0 Å². The van der Waals surface area contributed by atoms with Gasteiger partial charge in [0, 0.05) is 16.0 Å². The highest BCUT2D eigenvalue weighted by Crippen LogP contribution is 2.34. The second kappa shape index (κ2) is 9.29. The van der Waals surface area contributed by atoms with Crippen LogP contribution in [0.15, 0.2) is 52.9 Å². The van der Waals surface area contributed by atoms with Crippen molar-refractivity contribution in [1.82, 2.24) is 4.98 Å². The molecule has 150 valence electrons. The molecule has 1 saturated carbocycles. The highest BCUT2D eigenvalue weighted by atomic mass is 35.5. The first-order valence-electron chi connectivity index (χ1n) is 9.92. The van der Waals surface area contributed by atoms with E-state index in [1.165, 1.54) is 49.0 Å². The number of anilines is 1. The third-order valence-electron chi connectivity index (χ3n) is 5.41. The largest absolute Gasteiger partial charge is 0.252 e. The van der Waals surface area contributed by atoms with Crippen LogP contribution in [0.5, 0.6) is 0 Å². The molecule has 0 unspecified atom stereocenters. The lowest BCUT2D eigenvalue weighted by Crippen LogP contribution is -2.06. The van der Waals surface area contributed by atoms with Crippen LogP contribution in [0.2, 0.25) is 10.0 Å². The Bertz CT molecular complexity index is 1020. The number of halogens is 2. The number of rotatable bonds is 5. The van der Waals surface area contributed by atoms with Crippen LogP contribution in [0, 0.1) is 0 Å². The number of thiazole rings is 1. The van der Waals surface area contributed by atoms with E-state index in [2.05, 4.69) is 39.8 Å². The molecule has 3 nitrogen and oxygen atoms in total. The summed E-state index contributed by atoms with van der Waals surface area (Å²) in [6.45, 7) is 2.03. The number of benzene rings is 2. The molecule has 0 saturated heterocycles. The molecule has 0 amide bonds. The molecule has 2 aromatic carbocycles. The van der Waals surface area contributed by atoms with Crippen LogP contribution >= 0.6 is 34.5 Å². The molecule has 0 spiro atoms. The first-order chi connectivity index (χ1) is 14.1. The van der Waals surface area contributed by atoms with Crippen molar-refractivity contribution in [2.75, 3.05) is 5.43 Å². The van der Waals surface area contributed by atoms with Crippen LogP contribution in [0.1, 0.15) is 56.1 Å². The van der Waals surface area contributed by atoms with E-state index in [4.69, 9.17) is 23.2 Å². The number of hydrogen-bond acceptors (Lipinski definition) is 4. The van der Waals surface area contributed by atoms with Gasteiger partial charge >= 0.3 is 0 Å².